The second-order valence-electron chi connectivity index (χ2n) is 6.99. The van der Waals surface area contributed by atoms with Crippen LogP contribution in [-0.4, -0.2) is 29.1 Å². The lowest BCUT2D eigenvalue weighted by Crippen LogP contribution is -2.21. The molecule has 0 spiro atoms. The molecule has 2 aromatic carbocycles. The normalized spacial score (nSPS) is 10.6. The fraction of sp³-hybridized carbons (Fsp3) is 0.261. The van der Waals surface area contributed by atoms with E-state index in [4.69, 9.17) is 11.6 Å². The molecule has 2 amide bonds. The van der Waals surface area contributed by atoms with Crippen LogP contribution >= 0.6 is 34.7 Å². The third kappa shape index (κ3) is 8.01. The zero-order valence-electron chi connectivity index (χ0n) is 17.2. The topological polar surface area (TPSA) is 71.1 Å². The number of aromatic nitrogens is 1. The number of thiazole rings is 1. The number of nitrogens with zero attached hydrogens (tertiary/aromatic N) is 1. The zero-order valence-corrected chi connectivity index (χ0v) is 19.6. The fourth-order valence-corrected chi connectivity index (χ4v) is 4.51. The van der Waals surface area contributed by atoms with Gasteiger partial charge in [0.1, 0.15) is 0 Å². The summed E-state index contributed by atoms with van der Waals surface area (Å²) in [5.41, 5.74) is 4.21. The molecule has 5 nitrogen and oxygen atoms in total. The molecule has 0 aliphatic rings. The van der Waals surface area contributed by atoms with Gasteiger partial charge in [0.05, 0.1) is 11.4 Å². The van der Waals surface area contributed by atoms with Crippen molar-refractivity contribution in [3.8, 4) is 11.3 Å². The molecule has 162 valence electrons. The molecular weight excluding hydrogens is 450 g/mol. The molecule has 0 atom stereocenters. The number of nitrogens with one attached hydrogen (secondary N) is 2. The van der Waals surface area contributed by atoms with Crippen molar-refractivity contribution in [1.82, 2.24) is 10.3 Å². The molecule has 0 radical (unpaired) electrons. The number of amides is 2. The molecule has 0 saturated carbocycles. The van der Waals surface area contributed by atoms with Crippen molar-refractivity contribution in [3.63, 3.8) is 0 Å². The van der Waals surface area contributed by atoms with Gasteiger partial charge in [0.2, 0.25) is 11.8 Å². The first-order chi connectivity index (χ1) is 15.0. The van der Waals surface area contributed by atoms with Crippen molar-refractivity contribution in [2.75, 3.05) is 17.6 Å². The second-order valence-corrected chi connectivity index (χ2v) is 9.27. The van der Waals surface area contributed by atoms with Gasteiger partial charge < -0.3 is 10.6 Å². The van der Waals surface area contributed by atoms with E-state index in [1.54, 1.807) is 11.8 Å². The maximum Gasteiger partial charge on any atom is 0.236 e. The number of benzene rings is 2. The van der Waals surface area contributed by atoms with Crippen LogP contribution in [0.5, 0.6) is 0 Å². The van der Waals surface area contributed by atoms with Gasteiger partial charge in [-0.15, -0.1) is 23.1 Å². The molecule has 1 aromatic heterocycles. The maximum atomic E-state index is 12.2. The summed E-state index contributed by atoms with van der Waals surface area (Å²) in [4.78, 5) is 27.6. The van der Waals surface area contributed by atoms with Gasteiger partial charge in [-0.2, -0.15) is 0 Å². The average Bonchev–Trinajstić information content (AvgIpc) is 3.21. The summed E-state index contributed by atoms with van der Waals surface area (Å²) in [5.74, 6) is 1.06. The summed E-state index contributed by atoms with van der Waals surface area (Å²) >= 11 is 8.86. The Morgan fingerprint density at radius 2 is 1.77 bits per heavy atom. The molecule has 3 aromatic rings. The van der Waals surface area contributed by atoms with Gasteiger partial charge in [-0.05, 0) is 36.1 Å². The number of halogens is 1. The number of carbonyl (C=O) groups excluding carboxylic acids is 2. The number of thioether (sulfide) groups is 1. The SMILES string of the molecule is CC(=O)NCCCc1ccc(-c2csc(NC(=O)CSCc3ccc(Cl)cc3)n2)cc1. The van der Waals surface area contributed by atoms with E-state index in [1.807, 2.05) is 41.8 Å². The quantitative estimate of drug-likeness (QED) is 0.386. The van der Waals surface area contributed by atoms with Crippen LogP contribution in [0.1, 0.15) is 24.5 Å². The van der Waals surface area contributed by atoms with Crippen molar-refractivity contribution >= 4 is 51.6 Å². The van der Waals surface area contributed by atoms with Crippen molar-refractivity contribution in [2.24, 2.45) is 0 Å². The largest absolute Gasteiger partial charge is 0.356 e. The smallest absolute Gasteiger partial charge is 0.236 e. The van der Waals surface area contributed by atoms with Crippen LogP contribution in [0.25, 0.3) is 11.3 Å². The lowest BCUT2D eigenvalue weighted by Gasteiger charge is -2.04. The van der Waals surface area contributed by atoms with Crippen LogP contribution in [0.4, 0.5) is 5.13 Å². The number of hydrogen-bond acceptors (Lipinski definition) is 5. The summed E-state index contributed by atoms with van der Waals surface area (Å²) in [7, 11) is 0. The number of carbonyl (C=O) groups is 2. The Labute approximate surface area is 195 Å². The van der Waals surface area contributed by atoms with Crippen LogP contribution < -0.4 is 10.6 Å². The van der Waals surface area contributed by atoms with Gasteiger partial charge in [-0.25, -0.2) is 4.98 Å². The minimum absolute atomic E-state index is 0.00178. The van der Waals surface area contributed by atoms with E-state index < -0.39 is 0 Å². The summed E-state index contributed by atoms with van der Waals surface area (Å²) in [5, 5.41) is 8.94. The summed E-state index contributed by atoms with van der Waals surface area (Å²) in [6.07, 6.45) is 1.81. The lowest BCUT2D eigenvalue weighted by atomic mass is 10.1. The van der Waals surface area contributed by atoms with Crippen molar-refractivity contribution in [1.29, 1.82) is 0 Å². The first kappa shape index (κ1) is 23.3. The molecule has 1 heterocycles. The highest BCUT2D eigenvalue weighted by Crippen LogP contribution is 2.25. The molecule has 0 aliphatic heterocycles. The first-order valence-corrected chi connectivity index (χ1v) is 12.3. The highest BCUT2D eigenvalue weighted by atomic mass is 35.5. The highest BCUT2D eigenvalue weighted by molar-refractivity contribution is 7.99. The van der Waals surface area contributed by atoms with E-state index in [1.165, 1.54) is 23.8 Å². The van der Waals surface area contributed by atoms with Crippen LogP contribution in [0, 0.1) is 0 Å². The van der Waals surface area contributed by atoms with E-state index in [2.05, 4.69) is 27.8 Å². The summed E-state index contributed by atoms with van der Waals surface area (Å²) in [6, 6.07) is 15.9. The standard InChI is InChI=1S/C23H24ClN3O2S2/c1-16(28)25-12-2-3-17-4-8-19(9-5-17)21-14-31-23(26-21)27-22(29)15-30-13-18-6-10-20(24)11-7-18/h4-11,14H,2-3,12-13,15H2,1H3,(H,25,28)(H,26,27,29). The molecular formula is C23H24ClN3O2S2. The zero-order chi connectivity index (χ0) is 22.1. The Bertz CT molecular complexity index is 1000. The third-order valence-electron chi connectivity index (χ3n) is 4.43. The minimum Gasteiger partial charge on any atom is -0.356 e. The first-order valence-electron chi connectivity index (χ1n) is 9.91. The van der Waals surface area contributed by atoms with Gasteiger partial charge in [0.15, 0.2) is 5.13 Å². The molecule has 0 unspecified atom stereocenters. The molecule has 0 saturated heterocycles. The Morgan fingerprint density at radius 1 is 1.06 bits per heavy atom. The van der Waals surface area contributed by atoms with E-state index in [0.29, 0.717) is 22.5 Å². The van der Waals surface area contributed by atoms with Gasteiger partial charge in [0.25, 0.3) is 0 Å². The molecule has 8 heteroatoms. The van der Waals surface area contributed by atoms with Crippen LogP contribution in [0.15, 0.2) is 53.9 Å². The van der Waals surface area contributed by atoms with Crippen LogP contribution in [0.3, 0.4) is 0 Å². The van der Waals surface area contributed by atoms with Gasteiger partial charge in [-0.1, -0.05) is 48.0 Å². The van der Waals surface area contributed by atoms with E-state index in [9.17, 15) is 9.59 Å². The molecule has 2 N–H and O–H groups in total. The summed E-state index contributed by atoms with van der Waals surface area (Å²) in [6.45, 7) is 2.21. The number of rotatable bonds is 10. The number of aryl methyl sites for hydroxylation is 1. The molecule has 31 heavy (non-hydrogen) atoms. The Balaban J connectivity index is 1.44. The van der Waals surface area contributed by atoms with Gasteiger partial charge >= 0.3 is 0 Å². The molecule has 0 fully saturated rings. The third-order valence-corrected chi connectivity index (χ3v) is 6.45. The van der Waals surface area contributed by atoms with E-state index >= 15 is 0 Å². The summed E-state index contributed by atoms with van der Waals surface area (Å²) < 4.78 is 0. The van der Waals surface area contributed by atoms with Crippen molar-refractivity contribution in [2.45, 2.75) is 25.5 Å². The number of hydrogen-bond donors (Lipinski definition) is 2. The van der Waals surface area contributed by atoms with Crippen LogP contribution in [-0.2, 0) is 21.8 Å². The average molecular weight is 474 g/mol. The Hall–Kier alpha value is -2.35. The van der Waals surface area contributed by atoms with Crippen molar-refractivity contribution in [3.05, 3.63) is 70.1 Å². The molecule has 3 rings (SSSR count). The maximum absolute atomic E-state index is 12.2. The Kier molecular flexibility index (Phi) is 8.94. The van der Waals surface area contributed by atoms with E-state index in [0.717, 1.165) is 35.4 Å². The van der Waals surface area contributed by atoms with Gasteiger partial charge in [-0.3, -0.25) is 9.59 Å². The van der Waals surface area contributed by atoms with Gasteiger partial charge in [0, 0.05) is 35.2 Å². The monoisotopic (exact) mass is 473 g/mol. The molecule has 0 aliphatic carbocycles. The molecule has 0 bridgehead atoms. The van der Waals surface area contributed by atoms with Crippen LogP contribution in [0.2, 0.25) is 5.02 Å². The highest BCUT2D eigenvalue weighted by Gasteiger charge is 2.09. The van der Waals surface area contributed by atoms with Crippen molar-refractivity contribution < 1.29 is 9.59 Å². The predicted molar refractivity (Wildman–Crippen MR) is 131 cm³/mol. The fourth-order valence-electron chi connectivity index (χ4n) is 2.86. The number of anilines is 1. The minimum atomic E-state index is -0.0608. The predicted octanol–water partition coefficient (Wildman–Crippen LogP) is 5.40. The second kappa shape index (κ2) is 11.9. The van der Waals surface area contributed by atoms with E-state index in [-0.39, 0.29) is 11.8 Å². The Morgan fingerprint density at radius 3 is 2.48 bits per heavy atom. The lowest BCUT2D eigenvalue weighted by molar-refractivity contribution is -0.119.